The second-order valence-electron chi connectivity index (χ2n) is 4.94. The molecule has 0 amide bonds. The number of aliphatic hydroxyl groups is 2. The summed E-state index contributed by atoms with van der Waals surface area (Å²) in [6.45, 7) is 4.97. The van der Waals surface area contributed by atoms with Crippen LogP contribution in [-0.2, 0) is 0 Å². The molecule has 0 spiro atoms. The molecule has 2 N–H and O–H groups in total. The first-order chi connectivity index (χ1) is 5.54. The van der Waals surface area contributed by atoms with Crippen molar-refractivity contribution in [2.75, 3.05) is 13.2 Å². The highest BCUT2D eigenvalue weighted by molar-refractivity contribution is 4.87. The van der Waals surface area contributed by atoms with Gasteiger partial charge in [0.25, 0.3) is 0 Å². The third-order valence-electron chi connectivity index (χ3n) is 2.97. The lowest BCUT2D eigenvalue weighted by atomic mass is 10.2. The maximum Gasteiger partial charge on any atom is 0.0484 e. The highest BCUT2D eigenvalue weighted by Gasteiger charge is 2.36. The molecule has 2 aliphatic carbocycles. The maximum absolute atomic E-state index is 8.47. The molecular weight excluding hydrogens is 152 g/mol. The van der Waals surface area contributed by atoms with E-state index in [1.165, 1.54) is 25.7 Å². The monoisotopic (exact) mass is 172 g/mol. The summed E-state index contributed by atoms with van der Waals surface area (Å²) in [5.41, 5.74) is 0.694. The fourth-order valence-electron chi connectivity index (χ4n) is 0.743. The van der Waals surface area contributed by atoms with E-state index in [0.29, 0.717) is 24.0 Å². The highest BCUT2D eigenvalue weighted by Crippen LogP contribution is 2.44. The Kier molecular flexibility index (Phi) is 2.79. The van der Waals surface area contributed by atoms with E-state index in [1.807, 2.05) is 0 Å². The van der Waals surface area contributed by atoms with E-state index in [2.05, 4.69) is 13.8 Å². The minimum absolute atomic E-state index is 0.347. The van der Waals surface area contributed by atoms with Gasteiger partial charge >= 0.3 is 0 Å². The summed E-state index contributed by atoms with van der Waals surface area (Å²) in [6, 6.07) is 0. The van der Waals surface area contributed by atoms with Gasteiger partial charge in [-0.3, -0.25) is 0 Å². The molecule has 0 aromatic heterocycles. The van der Waals surface area contributed by atoms with Gasteiger partial charge in [-0.2, -0.15) is 0 Å². The summed E-state index contributed by atoms with van der Waals surface area (Å²) in [5.74, 6) is 0. The van der Waals surface area contributed by atoms with Crippen LogP contribution < -0.4 is 0 Å². The Morgan fingerprint density at radius 2 is 1.08 bits per heavy atom. The zero-order chi connectivity index (χ0) is 9.24. The Balaban J connectivity index is 0.000000120. The summed E-state index contributed by atoms with van der Waals surface area (Å²) in [4.78, 5) is 0. The lowest BCUT2D eigenvalue weighted by Crippen LogP contribution is -1.97. The summed E-state index contributed by atoms with van der Waals surface area (Å²) in [5, 5.41) is 16.9. The molecule has 2 aliphatic rings. The second-order valence-corrected chi connectivity index (χ2v) is 4.94. The summed E-state index contributed by atoms with van der Waals surface area (Å²) < 4.78 is 0. The normalized spacial score (nSPS) is 27.0. The van der Waals surface area contributed by atoms with Crippen LogP contribution in [0.1, 0.15) is 39.5 Å². The van der Waals surface area contributed by atoms with Crippen molar-refractivity contribution in [3.63, 3.8) is 0 Å². The van der Waals surface area contributed by atoms with E-state index < -0.39 is 0 Å². The van der Waals surface area contributed by atoms with E-state index in [9.17, 15) is 0 Å². The fourth-order valence-corrected chi connectivity index (χ4v) is 0.743. The molecule has 0 radical (unpaired) electrons. The van der Waals surface area contributed by atoms with E-state index >= 15 is 0 Å². The van der Waals surface area contributed by atoms with Crippen molar-refractivity contribution in [3.8, 4) is 0 Å². The molecule has 0 saturated heterocycles. The van der Waals surface area contributed by atoms with Crippen LogP contribution in [0.4, 0.5) is 0 Å². The van der Waals surface area contributed by atoms with Gasteiger partial charge in [-0.1, -0.05) is 13.8 Å². The topological polar surface area (TPSA) is 40.5 Å². The van der Waals surface area contributed by atoms with Crippen LogP contribution in [0.3, 0.4) is 0 Å². The molecule has 72 valence electrons. The van der Waals surface area contributed by atoms with Crippen molar-refractivity contribution in [1.82, 2.24) is 0 Å². The molecule has 0 aromatic rings. The van der Waals surface area contributed by atoms with E-state index in [4.69, 9.17) is 10.2 Å². The molecule has 2 nitrogen and oxygen atoms in total. The predicted molar refractivity (Wildman–Crippen MR) is 48.9 cm³/mol. The first-order valence-corrected chi connectivity index (χ1v) is 4.75. The van der Waals surface area contributed by atoms with Crippen molar-refractivity contribution >= 4 is 0 Å². The quantitative estimate of drug-likeness (QED) is 0.663. The average Bonchev–Trinajstić information content (AvgIpc) is 2.95. The van der Waals surface area contributed by atoms with Gasteiger partial charge < -0.3 is 10.2 Å². The molecule has 0 aliphatic heterocycles. The Morgan fingerprint density at radius 3 is 1.08 bits per heavy atom. The van der Waals surface area contributed by atoms with Gasteiger partial charge in [0.05, 0.1) is 0 Å². The van der Waals surface area contributed by atoms with Crippen LogP contribution >= 0.6 is 0 Å². The number of rotatable bonds is 2. The summed E-state index contributed by atoms with van der Waals surface area (Å²) >= 11 is 0. The molecule has 0 atom stereocenters. The van der Waals surface area contributed by atoms with Crippen LogP contribution in [0.5, 0.6) is 0 Å². The molecule has 0 heterocycles. The Labute approximate surface area is 74.6 Å². The van der Waals surface area contributed by atoms with Crippen molar-refractivity contribution in [3.05, 3.63) is 0 Å². The van der Waals surface area contributed by atoms with Crippen molar-refractivity contribution < 1.29 is 10.2 Å². The standard InChI is InChI=1S/2C5H10O/c2*1-5(4-6)2-3-5/h2*6H,2-4H2,1H3. The van der Waals surface area contributed by atoms with Crippen LogP contribution in [0.2, 0.25) is 0 Å². The Hall–Kier alpha value is -0.0800. The third kappa shape index (κ3) is 3.11. The molecule has 0 bridgehead atoms. The Morgan fingerprint density at radius 1 is 0.833 bits per heavy atom. The van der Waals surface area contributed by atoms with Crippen molar-refractivity contribution in [2.45, 2.75) is 39.5 Å². The van der Waals surface area contributed by atoms with Gasteiger partial charge in [-0.15, -0.1) is 0 Å². The first-order valence-electron chi connectivity index (χ1n) is 4.75. The fraction of sp³-hybridized carbons (Fsp3) is 1.00. The number of hydrogen-bond donors (Lipinski definition) is 2. The minimum Gasteiger partial charge on any atom is -0.396 e. The van der Waals surface area contributed by atoms with Gasteiger partial charge in [0.1, 0.15) is 0 Å². The number of aliphatic hydroxyl groups excluding tert-OH is 2. The van der Waals surface area contributed by atoms with E-state index in [0.717, 1.165) is 0 Å². The third-order valence-corrected chi connectivity index (χ3v) is 2.97. The van der Waals surface area contributed by atoms with Crippen LogP contribution in [0.15, 0.2) is 0 Å². The molecule has 12 heavy (non-hydrogen) atoms. The highest BCUT2D eigenvalue weighted by atomic mass is 16.3. The maximum atomic E-state index is 8.47. The summed E-state index contributed by atoms with van der Waals surface area (Å²) in [6.07, 6.45) is 4.90. The Bertz CT molecular complexity index is 128. The van der Waals surface area contributed by atoms with Gasteiger partial charge in [-0.05, 0) is 36.5 Å². The molecule has 0 aromatic carbocycles. The number of hydrogen-bond acceptors (Lipinski definition) is 2. The minimum atomic E-state index is 0.347. The van der Waals surface area contributed by atoms with Gasteiger partial charge in [0.2, 0.25) is 0 Å². The van der Waals surface area contributed by atoms with Crippen molar-refractivity contribution in [1.29, 1.82) is 0 Å². The lowest BCUT2D eigenvalue weighted by Gasteiger charge is -1.96. The molecule has 2 saturated carbocycles. The van der Waals surface area contributed by atoms with Gasteiger partial charge in [-0.25, -0.2) is 0 Å². The molecule has 2 fully saturated rings. The largest absolute Gasteiger partial charge is 0.396 e. The summed E-state index contributed by atoms with van der Waals surface area (Å²) in [7, 11) is 0. The first kappa shape index (κ1) is 10.0. The van der Waals surface area contributed by atoms with Gasteiger partial charge in [0, 0.05) is 13.2 Å². The lowest BCUT2D eigenvalue weighted by molar-refractivity contribution is 0.224. The van der Waals surface area contributed by atoms with Crippen LogP contribution in [0.25, 0.3) is 0 Å². The predicted octanol–water partition coefficient (Wildman–Crippen LogP) is 1.56. The van der Waals surface area contributed by atoms with Crippen LogP contribution in [0, 0.1) is 10.8 Å². The zero-order valence-corrected chi connectivity index (χ0v) is 8.14. The van der Waals surface area contributed by atoms with E-state index in [1.54, 1.807) is 0 Å². The smallest absolute Gasteiger partial charge is 0.0484 e. The molecule has 2 rings (SSSR count). The average molecular weight is 172 g/mol. The van der Waals surface area contributed by atoms with Crippen LogP contribution in [-0.4, -0.2) is 23.4 Å². The molecule has 2 heteroatoms. The van der Waals surface area contributed by atoms with Crippen molar-refractivity contribution in [2.24, 2.45) is 10.8 Å². The molecular formula is C10H20O2. The van der Waals surface area contributed by atoms with Gasteiger partial charge in [0.15, 0.2) is 0 Å². The van der Waals surface area contributed by atoms with E-state index in [-0.39, 0.29) is 0 Å². The SMILES string of the molecule is CC1(CO)CC1.CC1(CO)CC1. The zero-order valence-electron chi connectivity index (χ0n) is 8.14. The second kappa shape index (κ2) is 3.35. The molecule has 0 unspecified atom stereocenters.